The Morgan fingerprint density at radius 1 is 1.42 bits per heavy atom. The molecule has 0 amide bonds. The van der Waals surface area contributed by atoms with E-state index in [1.54, 1.807) is 26.2 Å². The molecule has 1 atom stereocenters. The number of aliphatic hydroxyl groups is 1. The van der Waals surface area contributed by atoms with E-state index in [-0.39, 0.29) is 17.4 Å². The molecule has 1 aromatic carbocycles. The maximum Gasteiger partial charge on any atom is 0.240 e. The number of aliphatic hydroxyl groups excluding tert-OH is 1. The highest BCUT2D eigenvalue weighted by atomic mass is 32.2. The number of sulfonamides is 1. The fourth-order valence-corrected chi connectivity index (χ4v) is 2.93. The van der Waals surface area contributed by atoms with E-state index in [1.165, 1.54) is 6.07 Å². The lowest BCUT2D eigenvalue weighted by Gasteiger charge is -2.13. The maximum absolute atomic E-state index is 12.1. The fourth-order valence-electron chi connectivity index (χ4n) is 1.68. The second-order valence-corrected chi connectivity index (χ2v) is 6.37. The molecule has 0 saturated carbocycles. The highest BCUT2D eigenvalue weighted by Gasteiger charge is 2.16. The second kappa shape index (κ2) is 6.88. The van der Waals surface area contributed by atoms with Gasteiger partial charge in [0.1, 0.15) is 5.75 Å². The number of nitrogens with one attached hydrogen (secondary N) is 1. The largest absolute Gasteiger partial charge is 0.496 e. The van der Waals surface area contributed by atoms with Crippen LogP contribution in [0.4, 0.5) is 0 Å². The molecule has 0 fully saturated rings. The Morgan fingerprint density at radius 2 is 2.11 bits per heavy atom. The van der Waals surface area contributed by atoms with Gasteiger partial charge in [-0.05, 0) is 43.0 Å². The molecule has 5 nitrogen and oxygen atoms in total. The summed E-state index contributed by atoms with van der Waals surface area (Å²) in [5.41, 5.74) is 0.772. The van der Waals surface area contributed by atoms with Crippen LogP contribution in [-0.4, -0.2) is 33.8 Å². The third-order valence-corrected chi connectivity index (χ3v) is 4.34. The number of rotatable bonds is 7. The van der Waals surface area contributed by atoms with Crippen molar-refractivity contribution in [2.75, 3.05) is 20.3 Å². The van der Waals surface area contributed by atoms with Gasteiger partial charge in [0.2, 0.25) is 10.0 Å². The van der Waals surface area contributed by atoms with Gasteiger partial charge in [0.15, 0.2) is 0 Å². The summed E-state index contributed by atoms with van der Waals surface area (Å²) < 4.78 is 31.8. The molecule has 2 N–H and O–H groups in total. The highest BCUT2D eigenvalue weighted by molar-refractivity contribution is 7.89. The quantitative estimate of drug-likeness (QED) is 0.792. The summed E-state index contributed by atoms with van der Waals surface area (Å²) in [6, 6.07) is 4.74. The van der Waals surface area contributed by atoms with Crippen LogP contribution in [0.2, 0.25) is 0 Å². The molecule has 0 bridgehead atoms. The van der Waals surface area contributed by atoms with E-state index >= 15 is 0 Å². The van der Waals surface area contributed by atoms with Crippen molar-refractivity contribution in [3.8, 4) is 5.75 Å². The zero-order chi connectivity index (χ0) is 14.5. The third-order valence-electron chi connectivity index (χ3n) is 2.92. The lowest BCUT2D eigenvalue weighted by molar-refractivity contribution is 0.263. The van der Waals surface area contributed by atoms with Crippen LogP contribution >= 0.6 is 0 Å². The van der Waals surface area contributed by atoms with Crippen molar-refractivity contribution >= 4 is 10.0 Å². The molecule has 1 aromatic rings. The van der Waals surface area contributed by atoms with Crippen LogP contribution < -0.4 is 9.46 Å². The van der Waals surface area contributed by atoms with Crippen LogP contribution in [0, 0.1) is 12.8 Å². The van der Waals surface area contributed by atoms with E-state index in [1.807, 2.05) is 6.92 Å². The minimum absolute atomic E-state index is 0.0601. The Balaban J connectivity index is 2.80. The van der Waals surface area contributed by atoms with Crippen LogP contribution in [-0.2, 0) is 10.0 Å². The van der Waals surface area contributed by atoms with Gasteiger partial charge >= 0.3 is 0 Å². The van der Waals surface area contributed by atoms with E-state index in [0.29, 0.717) is 18.7 Å². The first kappa shape index (κ1) is 15.9. The van der Waals surface area contributed by atoms with Crippen molar-refractivity contribution in [2.24, 2.45) is 5.92 Å². The van der Waals surface area contributed by atoms with Crippen molar-refractivity contribution in [2.45, 2.75) is 25.2 Å². The van der Waals surface area contributed by atoms with Crippen molar-refractivity contribution in [1.82, 2.24) is 4.72 Å². The lowest BCUT2D eigenvalue weighted by atomic mass is 10.1. The molecular formula is C13H21NO4S. The number of hydrogen-bond acceptors (Lipinski definition) is 4. The summed E-state index contributed by atoms with van der Waals surface area (Å²) in [6.45, 7) is 4.06. The van der Waals surface area contributed by atoms with E-state index in [4.69, 9.17) is 9.84 Å². The predicted molar refractivity (Wildman–Crippen MR) is 73.8 cm³/mol. The molecule has 0 saturated heterocycles. The summed E-state index contributed by atoms with van der Waals surface area (Å²) in [6.07, 6.45) is 0.574. The van der Waals surface area contributed by atoms with E-state index in [9.17, 15) is 8.42 Å². The first-order chi connectivity index (χ1) is 8.90. The monoisotopic (exact) mass is 287 g/mol. The summed E-state index contributed by atoms with van der Waals surface area (Å²) in [5.74, 6) is 0.756. The average Bonchev–Trinajstić information content (AvgIpc) is 2.37. The SMILES string of the molecule is COc1ccc(S(=O)(=O)NCC(C)CCO)cc1C. The molecule has 0 spiro atoms. The second-order valence-electron chi connectivity index (χ2n) is 4.60. The first-order valence-corrected chi connectivity index (χ1v) is 7.64. The molecule has 0 aliphatic heterocycles. The normalized spacial score (nSPS) is 13.3. The summed E-state index contributed by atoms with van der Waals surface area (Å²) >= 11 is 0. The van der Waals surface area contributed by atoms with Gasteiger partial charge in [0.05, 0.1) is 12.0 Å². The Hall–Kier alpha value is -1.11. The Labute approximate surface area is 114 Å². The molecule has 19 heavy (non-hydrogen) atoms. The van der Waals surface area contributed by atoms with Crippen LogP contribution in [0.3, 0.4) is 0 Å². The van der Waals surface area contributed by atoms with Crippen LogP contribution in [0.5, 0.6) is 5.75 Å². The zero-order valence-corrected chi connectivity index (χ0v) is 12.3. The van der Waals surface area contributed by atoms with Gasteiger partial charge in [-0.25, -0.2) is 13.1 Å². The summed E-state index contributed by atoms with van der Waals surface area (Å²) in [7, 11) is -1.96. The van der Waals surface area contributed by atoms with Gasteiger partial charge in [-0.15, -0.1) is 0 Å². The average molecular weight is 287 g/mol. The van der Waals surface area contributed by atoms with Gasteiger partial charge < -0.3 is 9.84 Å². The maximum atomic E-state index is 12.1. The first-order valence-electron chi connectivity index (χ1n) is 6.16. The number of methoxy groups -OCH3 is 1. The third kappa shape index (κ3) is 4.49. The highest BCUT2D eigenvalue weighted by Crippen LogP contribution is 2.21. The molecule has 0 heterocycles. The van der Waals surface area contributed by atoms with Crippen molar-refractivity contribution in [3.63, 3.8) is 0 Å². The molecule has 1 rings (SSSR count). The summed E-state index contributed by atoms with van der Waals surface area (Å²) in [4.78, 5) is 0.224. The Kier molecular flexibility index (Phi) is 5.78. The topological polar surface area (TPSA) is 75.6 Å². The predicted octanol–water partition coefficient (Wildman–Crippen LogP) is 1.30. The molecule has 0 aliphatic rings. The minimum Gasteiger partial charge on any atom is -0.496 e. The van der Waals surface area contributed by atoms with Crippen molar-refractivity contribution in [3.05, 3.63) is 23.8 Å². The fraction of sp³-hybridized carbons (Fsp3) is 0.538. The van der Waals surface area contributed by atoms with Crippen LogP contribution in [0.25, 0.3) is 0 Å². The van der Waals surface area contributed by atoms with Crippen molar-refractivity contribution < 1.29 is 18.3 Å². The minimum atomic E-state index is -3.51. The lowest BCUT2D eigenvalue weighted by Crippen LogP contribution is -2.28. The number of hydrogen-bond donors (Lipinski definition) is 2. The zero-order valence-electron chi connectivity index (χ0n) is 11.5. The van der Waals surface area contributed by atoms with E-state index in [0.717, 1.165) is 5.56 Å². The van der Waals surface area contributed by atoms with Gasteiger partial charge in [0.25, 0.3) is 0 Å². The van der Waals surface area contributed by atoms with E-state index < -0.39 is 10.0 Å². The van der Waals surface area contributed by atoms with Crippen molar-refractivity contribution in [1.29, 1.82) is 0 Å². The number of ether oxygens (including phenoxy) is 1. The molecule has 0 aromatic heterocycles. The molecule has 1 unspecified atom stereocenters. The Morgan fingerprint density at radius 3 is 2.63 bits per heavy atom. The van der Waals surface area contributed by atoms with Gasteiger partial charge in [-0.2, -0.15) is 0 Å². The Bertz CT molecular complexity index is 513. The smallest absolute Gasteiger partial charge is 0.240 e. The standard InChI is InChI=1S/C13H21NO4S/c1-10(6-7-15)9-14-19(16,17)12-4-5-13(18-3)11(2)8-12/h4-5,8,10,14-15H,6-7,9H2,1-3H3. The number of benzene rings is 1. The molecule has 0 radical (unpaired) electrons. The molecule has 0 aliphatic carbocycles. The molecule has 108 valence electrons. The van der Waals surface area contributed by atoms with E-state index in [2.05, 4.69) is 4.72 Å². The van der Waals surface area contributed by atoms with Gasteiger partial charge in [-0.1, -0.05) is 6.92 Å². The van der Waals surface area contributed by atoms with Crippen LogP contribution in [0.1, 0.15) is 18.9 Å². The molecule has 6 heteroatoms. The van der Waals surface area contributed by atoms with Gasteiger partial charge in [-0.3, -0.25) is 0 Å². The summed E-state index contributed by atoms with van der Waals surface area (Å²) in [5, 5.41) is 8.79. The molecular weight excluding hydrogens is 266 g/mol. The van der Waals surface area contributed by atoms with Crippen LogP contribution in [0.15, 0.2) is 23.1 Å². The van der Waals surface area contributed by atoms with Gasteiger partial charge in [0, 0.05) is 13.2 Å². The number of aryl methyl sites for hydroxylation is 1.